The van der Waals surface area contributed by atoms with Crippen LogP contribution in [0.2, 0.25) is 0 Å². The third kappa shape index (κ3) is 5.81. The zero-order chi connectivity index (χ0) is 24.9. The van der Waals surface area contributed by atoms with Crippen molar-refractivity contribution in [3.63, 3.8) is 0 Å². The first kappa shape index (κ1) is 24.9. The van der Waals surface area contributed by atoms with Crippen LogP contribution in [0.15, 0.2) is 42.7 Å². The monoisotopic (exact) mass is 472 g/mol. The highest BCUT2D eigenvalue weighted by molar-refractivity contribution is 6.03. The molecule has 0 fully saturated rings. The van der Waals surface area contributed by atoms with Gasteiger partial charge in [0, 0.05) is 30.5 Å². The second-order valence-electron chi connectivity index (χ2n) is 7.85. The van der Waals surface area contributed by atoms with Crippen molar-refractivity contribution in [2.75, 3.05) is 17.2 Å². The van der Waals surface area contributed by atoms with Gasteiger partial charge >= 0.3 is 6.18 Å². The van der Waals surface area contributed by atoms with Crippen molar-refractivity contribution in [3.8, 4) is 17.1 Å². The van der Waals surface area contributed by atoms with E-state index in [4.69, 9.17) is 10.1 Å². The number of ether oxygens (including phenoxy) is 1. The minimum absolute atomic E-state index is 0.00666. The number of alkyl halides is 3. The molecule has 0 amide bonds. The van der Waals surface area contributed by atoms with Gasteiger partial charge in [0.1, 0.15) is 11.4 Å². The van der Waals surface area contributed by atoms with Crippen molar-refractivity contribution < 1.29 is 17.9 Å². The molecule has 0 aliphatic rings. The van der Waals surface area contributed by atoms with E-state index in [1.807, 2.05) is 20.8 Å². The third-order valence-electron chi connectivity index (χ3n) is 4.76. The standard InChI is InChI=1S/C24H27F3N6O/c1-5-34-23-17(9-7-11-30-23)18-12-19(21(32-14(2)3)20(33-18)15(4)28)31-13-16-8-6-10-29-22(16)24(25,26)27/h6-12,14,28,32H,5,13H2,1-4H3,(H,31,33). The van der Waals surface area contributed by atoms with E-state index < -0.39 is 11.9 Å². The molecule has 0 aliphatic heterocycles. The molecule has 0 radical (unpaired) electrons. The fourth-order valence-electron chi connectivity index (χ4n) is 3.39. The smallest absolute Gasteiger partial charge is 0.433 e. The summed E-state index contributed by atoms with van der Waals surface area (Å²) >= 11 is 0. The number of halogens is 3. The first-order valence-corrected chi connectivity index (χ1v) is 10.8. The maximum atomic E-state index is 13.4. The largest absolute Gasteiger partial charge is 0.477 e. The molecule has 10 heteroatoms. The topological polar surface area (TPSA) is 95.8 Å². The van der Waals surface area contributed by atoms with Crippen molar-refractivity contribution >= 4 is 17.1 Å². The average Bonchev–Trinajstić information content (AvgIpc) is 2.78. The lowest BCUT2D eigenvalue weighted by molar-refractivity contribution is -0.141. The van der Waals surface area contributed by atoms with Crippen LogP contribution < -0.4 is 15.4 Å². The predicted molar refractivity (Wildman–Crippen MR) is 126 cm³/mol. The molecule has 0 saturated carbocycles. The van der Waals surface area contributed by atoms with Crippen LogP contribution in [-0.4, -0.2) is 33.3 Å². The van der Waals surface area contributed by atoms with Gasteiger partial charge in [0.25, 0.3) is 0 Å². The number of hydrogen-bond acceptors (Lipinski definition) is 7. The first-order chi connectivity index (χ1) is 16.1. The van der Waals surface area contributed by atoms with Gasteiger partial charge in [0.15, 0.2) is 0 Å². The number of aromatic nitrogens is 3. The number of rotatable bonds is 9. The van der Waals surface area contributed by atoms with Gasteiger partial charge in [-0.15, -0.1) is 0 Å². The summed E-state index contributed by atoms with van der Waals surface area (Å²) in [6.07, 6.45) is -1.84. The molecule has 34 heavy (non-hydrogen) atoms. The first-order valence-electron chi connectivity index (χ1n) is 10.8. The quantitative estimate of drug-likeness (QED) is 0.342. The molecule has 0 saturated heterocycles. The number of anilines is 2. The third-order valence-corrected chi connectivity index (χ3v) is 4.76. The van der Waals surface area contributed by atoms with E-state index in [0.717, 1.165) is 6.20 Å². The molecule has 0 bridgehead atoms. The minimum Gasteiger partial charge on any atom is -0.477 e. The van der Waals surface area contributed by atoms with Crippen LogP contribution in [0.4, 0.5) is 24.5 Å². The second kappa shape index (κ2) is 10.5. The van der Waals surface area contributed by atoms with Crippen LogP contribution in [0.25, 0.3) is 11.3 Å². The Morgan fingerprint density at radius 2 is 1.85 bits per heavy atom. The summed E-state index contributed by atoms with van der Waals surface area (Å²) in [6, 6.07) is 8.11. The van der Waals surface area contributed by atoms with Crippen molar-refractivity contribution in [2.24, 2.45) is 0 Å². The summed E-state index contributed by atoms with van der Waals surface area (Å²) < 4.78 is 45.9. The van der Waals surface area contributed by atoms with Gasteiger partial charge in [-0.2, -0.15) is 13.2 Å². The van der Waals surface area contributed by atoms with E-state index in [0.29, 0.717) is 40.8 Å². The Hall–Kier alpha value is -3.69. The summed E-state index contributed by atoms with van der Waals surface area (Å²) in [5.74, 6) is 0.383. The SMILES string of the molecule is CCOc1ncccc1-c1cc(NCc2cccnc2C(F)(F)F)c(NC(C)C)c(C(C)=N)n1. The Bertz CT molecular complexity index is 1160. The van der Waals surface area contributed by atoms with E-state index >= 15 is 0 Å². The maximum Gasteiger partial charge on any atom is 0.433 e. The summed E-state index contributed by atoms with van der Waals surface area (Å²) in [5.41, 5.74) is 1.78. The molecule has 3 aromatic rings. The molecule has 3 N–H and O–H groups in total. The summed E-state index contributed by atoms with van der Waals surface area (Å²) in [6.45, 7) is 7.58. The number of nitrogens with one attached hydrogen (secondary N) is 3. The normalized spacial score (nSPS) is 11.4. The Labute approximate surface area is 196 Å². The van der Waals surface area contributed by atoms with E-state index in [1.165, 1.54) is 12.1 Å². The number of pyridine rings is 3. The summed E-state index contributed by atoms with van der Waals surface area (Å²) in [7, 11) is 0. The van der Waals surface area contributed by atoms with E-state index in [2.05, 4.69) is 25.6 Å². The molecule has 0 atom stereocenters. The van der Waals surface area contributed by atoms with Crippen molar-refractivity contribution in [3.05, 3.63) is 59.7 Å². The zero-order valence-electron chi connectivity index (χ0n) is 19.4. The highest BCUT2D eigenvalue weighted by Gasteiger charge is 2.35. The highest BCUT2D eigenvalue weighted by atomic mass is 19.4. The molecule has 0 unspecified atom stereocenters. The molecule has 3 aromatic heterocycles. The summed E-state index contributed by atoms with van der Waals surface area (Å²) in [4.78, 5) is 12.5. The number of nitrogens with zero attached hydrogens (tertiary/aromatic N) is 3. The molecule has 0 aliphatic carbocycles. The molecule has 180 valence electrons. The van der Waals surface area contributed by atoms with Crippen molar-refractivity contribution in [2.45, 2.75) is 46.5 Å². The van der Waals surface area contributed by atoms with Crippen molar-refractivity contribution in [1.82, 2.24) is 15.0 Å². The van der Waals surface area contributed by atoms with Crippen LogP contribution in [0.3, 0.4) is 0 Å². The fourth-order valence-corrected chi connectivity index (χ4v) is 3.39. The second-order valence-corrected chi connectivity index (χ2v) is 7.85. The Morgan fingerprint density at radius 3 is 2.50 bits per heavy atom. The van der Waals surface area contributed by atoms with Gasteiger partial charge in [-0.25, -0.2) is 9.97 Å². The van der Waals surface area contributed by atoms with Gasteiger partial charge in [-0.1, -0.05) is 6.07 Å². The molecule has 3 rings (SSSR count). The van der Waals surface area contributed by atoms with E-state index in [-0.39, 0.29) is 23.9 Å². The molecule has 3 heterocycles. The fraction of sp³-hybridized carbons (Fsp3) is 0.333. The molecule has 0 spiro atoms. The summed E-state index contributed by atoms with van der Waals surface area (Å²) in [5, 5.41) is 14.7. The lowest BCUT2D eigenvalue weighted by atomic mass is 10.1. The average molecular weight is 473 g/mol. The van der Waals surface area contributed by atoms with Gasteiger partial charge in [-0.3, -0.25) is 4.98 Å². The van der Waals surface area contributed by atoms with Gasteiger partial charge in [0.2, 0.25) is 5.88 Å². The molecule has 7 nitrogen and oxygen atoms in total. The van der Waals surface area contributed by atoms with Crippen molar-refractivity contribution in [1.29, 1.82) is 5.41 Å². The van der Waals surface area contributed by atoms with Crippen LogP contribution >= 0.6 is 0 Å². The van der Waals surface area contributed by atoms with Gasteiger partial charge in [-0.05, 0) is 52.0 Å². The number of hydrogen-bond donors (Lipinski definition) is 3. The molecular weight excluding hydrogens is 445 g/mol. The van der Waals surface area contributed by atoms with Gasteiger partial charge in [0.05, 0.1) is 35.0 Å². The Balaban J connectivity index is 2.12. The highest BCUT2D eigenvalue weighted by Crippen LogP contribution is 2.36. The molecular formula is C24H27F3N6O. The maximum absolute atomic E-state index is 13.4. The van der Waals surface area contributed by atoms with Crippen LogP contribution in [0, 0.1) is 5.41 Å². The zero-order valence-corrected chi connectivity index (χ0v) is 19.4. The van der Waals surface area contributed by atoms with Gasteiger partial charge < -0.3 is 20.8 Å². The lowest BCUT2D eigenvalue weighted by Gasteiger charge is -2.21. The van der Waals surface area contributed by atoms with E-state index in [1.54, 1.807) is 31.3 Å². The predicted octanol–water partition coefficient (Wildman–Crippen LogP) is 5.78. The Kier molecular flexibility index (Phi) is 7.70. The van der Waals surface area contributed by atoms with E-state index in [9.17, 15) is 13.2 Å². The Morgan fingerprint density at radius 1 is 1.15 bits per heavy atom. The molecule has 0 aromatic carbocycles. The van der Waals surface area contributed by atoms with Crippen LogP contribution in [0.1, 0.15) is 44.6 Å². The lowest BCUT2D eigenvalue weighted by Crippen LogP contribution is -2.18. The van der Waals surface area contributed by atoms with Crippen LogP contribution in [-0.2, 0) is 12.7 Å². The van der Waals surface area contributed by atoms with Crippen LogP contribution in [0.5, 0.6) is 5.88 Å². The minimum atomic E-state index is -4.57.